The van der Waals surface area contributed by atoms with E-state index in [1.807, 2.05) is 30.3 Å². The topological polar surface area (TPSA) is 61.6 Å². The summed E-state index contributed by atoms with van der Waals surface area (Å²) in [5, 5.41) is 0. The van der Waals surface area contributed by atoms with Crippen LogP contribution in [0.2, 0.25) is 0 Å². The molecule has 5 nitrogen and oxygen atoms in total. The second-order valence-electron chi connectivity index (χ2n) is 4.91. The Kier molecular flexibility index (Phi) is 4.96. The number of oxazole rings is 1. The third-order valence-corrected chi connectivity index (χ3v) is 3.94. The molecule has 3 aromatic rings. The van der Waals surface area contributed by atoms with E-state index in [1.165, 1.54) is 7.11 Å². The lowest BCUT2D eigenvalue weighted by Gasteiger charge is -2.07. The first-order valence-electron chi connectivity index (χ1n) is 7.18. The molecule has 0 N–H and O–H groups in total. The van der Waals surface area contributed by atoms with Crippen LogP contribution < -0.4 is 4.74 Å². The van der Waals surface area contributed by atoms with E-state index in [9.17, 15) is 4.79 Å². The van der Waals surface area contributed by atoms with Crippen molar-refractivity contribution in [2.45, 2.75) is 6.61 Å². The lowest BCUT2D eigenvalue weighted by Crippen LogP contribution is -2.02. The minimum absolute atomic E-state index is 0.184. The van der Waals surface area contributed by atoms with E-state index in [1.54, 1.807) is 24.4 Å². The molecule has 1 aromatic heterocycles. The molecule has 1 heterocycles. The summed E-state index contributed by atoms with van der Waals surface area (Å²) >= 11 is 3.38. The zero-order chi connectivity index (χ0) is 16.9. The van der Waals surface area contributed by atoms with Gasteiger partial charge in [-0.15, -0.1) is 0 Å². The number of halogens is 1. The van der Waals surface area contributed by atoms with Gasteiger partial charge in [-0.1, -0.05) is 30.3 Å². The summed E-state index contributed by atoms with van der Waals surface area (Å²) in [5.74, 6) is 1.34. The molecule has 0 atom stereocenters. The van der Waals surface area contributed by atoms with Crippen molar-refractivity contribution in [3.63, 3.8) is 0 Å². The van der Waals surface area contributed by atoms with Gasteiger partial charge >= 0.3 is 5.97 Å². The van der Waals surface area contributed by atoms with Crippen LogP contribution in [-0.4, -0.2) is 18.1 Å². The van der Waals surface area contributed by atoms with Crippen molar-refractivity contribution >= 4 is 21.9 Å². The van der Waals surface area contributed by atoms with E-state index >= 15 is 0 Å². The quantitative estimate of drug-likeness (QED) is 0.604. The van der Waals surface area contributed by atoms with Gasteiger partial charge in [-0.05, 0) is 34.1 Å². The van der Waals surface area contributed by atoms with Crippen molar-refractivity contribution in [3.8, 4) is 17.1 Å². The summed E-state index contributed by atoms with van der Waals surface area (Å²) in [5.41, 5.74) is 1.40. The Bertz CT molecular complexity index is 845. The predicted octanol–water partition coefficient (Wildman–Crippen LogP) is 4.47. The molecule has 0 amide bonds. The van der Waals surface area contributed by atoms with Gasteiger partial charge in [0.15, 0.2) is 12.4 Å². The Labute approximate surface area is 147 Å². The van der Waals surface area contributed by atoms with E-state index in [2.05, 4.69) is 25.7 Å². The number of aromatic nitrogens is 1. The molecule has 0 saturated heterocycles. The van der Waals surface area contributed by atoms with E-state index in [-0.39, 0.29) is 6.61 Å². The van der Waals surface area contributed by atoms with Gasteiger partial charge in [0.25, 0.3) is 0 Å². The minimum Gasteiger partial charge on any atom is -0.483 e. The molecule has 0 saturated carbocycles. The molecule has 0 fully saturated rings. The van der Waals surface area contributed by atoms with E-state index in [0.29, 0.717) is 27.4 Å². The average molecular weight is 388 g/mol. The van der Waals surface area contributed by atoms with Gasteiger partial charge in [0.2, 0.25) is 5.89 Å². The Balaban J connectivity index is 1.68. The summed E-state index contributed by atoms with van der Waals surface area (Å²) in [6, 6.07) is 14.7. The molecule has 0 aliphatic rings. The normalized spacial score (nSPS) is 10.4. The van der Waals surface area contributed by atoms with Crippen LogP contribution in [0.4, 0.5) is 0 Å². The largest absolute Gasteiger partial charge is 0.483 e. The Morgan fingerprint density at radius 1 is 1.21 bits per heavy atom. The van der Waals surface area contributed by atoms with Gasteiger partial charge in [0.05, 0.1) is 23.3 Å². The van der Waals surface area contributed by atoms with E-state index in [4.69, 9.17) is 9.15 Å². The molecule has 24 heavy (non-hydrogen) atoms. The summed E-state index contributed by atoms with van der Waals surface area (Å²) in [4.78, 5) is 15.7. The zero-order valence-corrected chi connectivity index (χ0v) is 14.4. The van der Waals surface area contributed by atoms with Crippen LogP contribution in [0.3, 0.4) is 0 Å². The minimum atomic E-state index is -0.401. The number of rotatable bonds is 5. The van der Waals surface area contributed by atoms with Gasteiger partial charge in [0.1, 0.15) is 5.75 Å². The van der Waals surface area contributed by atoms with Crippen LogP contribution in [-0.2, 0) is 11.3 Å². The first-order valence-corrected chi connectivity index (χ1v) is 7.97. The number of benzene rings is 2. The third-order valence-electron chi connectivity index (χ3n) is 3.32. The number of esters is 1. The molecule has 0 unspecified atom stereocenters. The molecule has 2 aromatic carbocycles. The second kappa shape index (κ2) is 7.31. The van der Waals surface area contributed by atoms with Crippen LogP contribution in [0.5, 0.6) is 5.75 Å². The van der Waals surface area contributed by atoms with Crippen LogP contribution in [0.15, 0.2) is 63.6 Å². The third kappa shape index (κ3) is 3.65. The van der Waals surface area contributed by atoms with Gasteiger partial charge in [-0.2, -0.15) is 0 Å². The van der Waals surface area contributed by atoms with Gasteiger partial charge < -0.3 is 13.9 Å². The summed E-state index contributed by atoms with van der Waals surface area (Å²) < 4.78 is 16.7. The number of carbonyl (C=O) groups is 1. The molecular weight excluding hydrogens is 374 g/mol. The number of ether oxygens (including phenoxy) is 2. The fraction of sp³-hybridized carbons (Fsp3) is 0.111. The molecule has 0 aliphatic heterocycles. The molecule has 0 radical (unpaired) electrons. The highest BCUT2D eigenvalue weighted by Gasteiger charge is 2.11. The number of nitrogens with zero attached hydrogens (tertiary/aromatic N) is 1. The lowest BCUT2D eigenvalue weighted by atomic mass is 10.2. The Hall–Kier alpha value is -2.60. The first kappa shape index (κ1) is 16.3. The average Bonchev–Trinajstić information content (AvgIpc) is 3.09. The molecule has 3 rings (SSSR count). The number of carbonyl (C=O) groups excluding carboxylic acids is 1. The number of methoxy groups -OCH3 is 1. The maximum atomic E-state index is 11.5. The highest BCUT2D eigenvalue weighted by molar-refractivity contribution is 9.10. The molecule has 122 valence electrons. The van der Waals surface area contributed by atoms with Crippen LogP contribution in [0.25, 0.3) is 11.3 Å². The van der Waals surface area contributed by atoms with E-state index < -0.39 is 5.97 Å². The second-order valence-corrected chi connectivity index (χ2v) is 5.76. The number of hydrogen-bond acceptors (Lipinski definition) is 5. The molecule has 0 bridgehead atoms. The monoisotopic (exact) mass is 387 g/mol. The first-order chi connectivity index (χ1) is 11.7. The standard InChI is InChI=1S/C18H14BrNO4/c1-22-18(21)13-7-8-15(14(19)9-13)23-11-17-20-10-16(24-17)12-5-3-2-4-6-12/h2-10H,11H2,1H3. The van der Waals surface area contributed by atoms with Crippen molar-refractivity contribution in [2.75, 3.05) is 7.11 Å². The summed E-state index contributed by atoms with van der Waals surface area (Å²) in [7, 11) is 1.34. The lowest BCUT2D eigenvalue weighted by molar-refractivity contribution is 0.0600. The van der Waals surface area contributed by atoms with Crippen molar-refractivity contribution in [1.82, 2.24) is 4.98 Å². The maximum absolute atomic E-state index is 11.5. The summed E-state index contributed by atoms with van der Waals surface area (Å²) in [6.45, 7) is 0.184. The zero-order valence-electron chi connectivity index (χ0n) is 12.9. The van der Waals surface area contributed by atoms with Gasteiger partial charge in [0, 0.05) is 5.56 Å². The maximum Gasteiger partial charge on any atom is 0.337 e. The van der Waals surface area contributed by atoms with Crippen molar-refractivity contribution in [2.24, 2.45) is 0 Å². The van der Waals surface area contributed by atoms with Gasteiger partial charge in [-0.25, -0.2) is 9.78 Å². The number of hydrogen-bond donors (Lipinski definition) is 0. The van der Waals surface area contributed by atoms with Crippen LogP contribution >= 0.6 is 15.9 Å². The smallest absolute Gasteiger partial charge is 0.337 e. The highest BCUT2D eigenvalue weighted by atomic mass is 79.9. The fourth-order valence-electron chi connectivity index (χ4n) is 2.12. The predicted molar refractivity (Wildman–Crippen MR) is 91.8 cm³/mol. The van der Waals surface area contributed by atoms with Crippen molar-refractivity contribution in [3.05, 3.63) is 70.7 Å². The fourth-order valence-corrected chi connectivity index (χ4v) is 2.61. The molecule has 6 heteroatoms. The van der Waals surface area contributed by atoms with Crippen molar-refractivity contribution < 1.29 is 18.7 Å². The summed E-state index contributed by atoms with van der Waals surface area (Å²) in [6.07, 6.45) is 1.67. The molecule has 0 spiro atoms. The van der Waals surface area contributed by atoms with Crippen LogP contribution in [0, 0.1) is 0 Å². The Morgan fingerprint density at radius 2 is 2.00 bits per heavy atom. The molecular formula is C18H14BrNO4. The van der Waals surface area contributed by atoms with Crippen LogP contribution in [0.1, 0.15) is 16.2 Å². The van der Waals surface area contributed by atoms with Gasteiger partial charge in [-0.3, -0.25) is 0 Å². The highest BCUT2D eigenvalue weighted by Crippen LogP contribution is 2.27. The van der Waals surface area contributed by atoms with E-state index in [0.717, 1.165) is 5.56 Å². The SMILES string of the molecule is COC(=O)c1ccc(OCc2ncc(-c3ccccc3)o2)c(Br)c1. The van der Waals surface area contributed by atoms with Crippen molar-refractivity contribution in [1.29, 1.82) is 0 Å². The Morgan fingerprint density at radius 3 is 2.71 bits per heavy atom. The molecule has 0 aliphatic carbocycles.